The van der Waals surface area contributed by atoms with Crippen LogP contribution < -0.4 is 5.73 Å². The van der Waals surface area contributed by atoms with Crippen molar-refractivity contribution in [3.63, 3.8) is 0 Å². The zero-order valence-electron chi connectivity index (χ0n) is 9.88. The maximum atomic E-state index is 11.2. The van der Waals surface area contributed by atoms with Crippen molar-refractivity contribution < 1.29 is 28.0 Å². The molecule has 0 aromatic heterocycles. The number of amides is 1. The molecule has 0 saturated carbocycles. The van der Waals surface area contributed by atoms with E-state index in [0.717, 1.165) is 0 Å². The van der Waals surface area contributed by atoms with Crippen LogP contribution in [0.15, 0.2) is 0 Å². The number of carbonyl (C=O) groups is 1. The topological polar surface area (TPSA) is 98.8 Å². The molecule has 0 bridgehead atoms. The zero-order valence-corrected chi connectivity index (χ0v) is 10.8. The van der Waals surface area contributed by atoms with Crippen LogP contribution >= 0.6 is 7.60 Å². The van der Waals surface area contributed by atoms with Gasteiger partial charge in [0.25, 0.3) is 0 Å². The summed E-state index contributed by atoms with van der Waals surface area (Å²) in [5.74, 6) is -0.791. The number of ether oxygens (including phenoxy) is 1. The smallest absolute Gasteiger partial charge is 0.354 e. The molecular formula is C8H20N2O5P+. The fourth-order valence-electron chi connectivity index (χ4n) is 0.720. The first kappa shape index (κ1) is 15.5. The summed E-state index contributed by atoms with van der Waals surface area (Å²) < 4.78 is 21.4. The molecule has 1 amide bonds. The lowest BCUT2D eigenvalue weighted by Crippen LogP contribution is -2.37. The highest BCUT2D eigenvalue weighted by Gasteiger charge is 2.21. The van der Waals surface area contributed by atoms with Gasteiger partial charge in [-0.25, -0.2) is 0 Å². The maximum Gasteiger partial charge on any atom is 0.354 e. The molecule has 0 radical (unpaired) electrons. The molecular weight excluding hydrogens is 235 g/mol. The third-order valence-corrected chi connectivity index (χ3v) is 2.61. The first-order chi connectivity index (χ1) is 7.12. The number of likely N-dealkylation sites (N-methyl/N-ethyl adjacent to an activating group) is 1. The lowest BCUT2D eigenvalue weighted by atomic mass is 10.5. The summed E-state index contributed by atoms with van der Waals surface area (Å²) in [5.41, 5.74) is 4.77. The number of nitrogens with zero attached hydrogens (tertiary/aromatic N) is 1. The standard InChI is InChI=1S/C8H19N2O5P/c1-10(2,3)4-5-14-7-16(12,13)15-6-8(9)11/h4-7H2,1-3H3,(H2-,9,11,12,13)/p+1. The minimum absolute atomic E-state index is 0.341. The van der Waals surface area contributed by atoms with Crippen LogP contribution in [0.5, 0.6) is 0 Å². The molecule has 3 N–H and O–H groups in total. The van der Waals surface area contributed by atoms with Gasteiger partial charge in [0.1, 0.15) is 19.5 Å². The van der Waals surface area contributed by atoms with Crippen molar-refractivity contribution in [1.82, 2.24) is 0 Å². The number of quaternary nitrogens is 1. The van der Waals surface area contributed by atoms with Gasteiger partial charge < -0.3 is 19.8 Å². The van der Waals surface area contributed by atoms with E-state index in [9.17, 15) is 14.3 Å². The summed E-state index contributed by atoms with van der Waals surface area (Å²) in [6, 6.07) is 0. The van der Waals surface area contributed by atoms with Crippen LogP contribution in [0, 0.1) is 0 Å². The van der Waals surface area contributed by atoms with Crippen molar-refractivity contribution in [1.29, 1.82) is 0 Å². The second-order valence-corrected chi connectivity index (χ2v) is 6.22. The van der Waals surface area contributed by atoms with E-state index in [-0.39, 0.29) is 0 Å². The number of rotatable bonds is 8. The first-order valence-corrected chi connectivity index (χ1v) is 6.51. The van der Waals surface area contributed by atoms with Gasteiger partial charge in [-0.15, -0.1) is 0 Å². The quantitative estimate of drug-likeness (QED) is 0.341. The van der Waals surface area contributed by atoms with Crippen LogP contribution in [0.25, 0.3) is 0 Å². The fourth-order valence-corrected chi connectivity index (χ4v) is 1.48. The van der Waals surface area contributed by atoms with Crippen LogP contribution in [0.3, 0.4) is 0 Å². The predicted octanol–water partition coefficient (Wildman–Crippen LogP) is -0.646. The average molecular weight is 255 g/mol. The highest BCUT2D eigenvalue weighted by atomic mass is 31.2. The Hall–Kier alpha value is -0.460. The number of carbonyl (C=O) groups excluding carboxylic acids is 1. The third-order valence-electron chi connectivity index (χ3n) is 1.57. The molecule has 0 aliphatic rings. The Morgan fingerprint density at radius 1 is 1.44 bits per heavy atom. The third kappa shape index (κ3) is 10.1. The number of hydrogen-bond donors (Lipinski definition) is 2. The van der Waals surface area contributed by atoms with E-state index in [4.69, 9.17) is 10.5 Å². The van der Waals surface area contributed by atoms with Gasteiger partial charge in [0.15, 0.2) is 0 Å². The van der Waals surface area contributed by atoms with Crippen LogP contribution in [0.2, 0.25) is 0 Å². The summed E-state index contributed by atoms with van der Waals surface area (Å²) >= 11 is 0. The number of hydrogen-bond acceptors (Lipinski definition) is 4. The molecule has 0 fully saturated rings. The first-order valence-electron chi connectivity index (χ1n) is 4.75. The Morgan fingerprint density at radius 2 is 2.00 bits per heavy atom. The van der Waals surface area contributed by atoms with Crippen LogP contribution in [-0.4, -0.2) is 62.5 Å². The zero-order chi connectivity index (χ0) is 12.8. The molecule has 0 aromatic carbocycles. The van der Waals surface area contributed by atoms with E-state index in [1.54, 1.807) is 0 Å². The van der Waals surface area contributed by atoms with Crippen molar-refractivity contribution in [2.24, 2.45) is 5.73 Å². The maximum absolute atomic E-state index is 11.2. The van der Waals surface area contributed by atoms with E-state index in [2.05, 4.69) is 4.52 Å². The van der Waals surface area contributed by atoms with Gasteiger partial charge in [-0.1, -0.05) is 0 Å². The van der Waals surface area contributed by atoms with Gasteiger partial charge in [0.05, 0.1) is 27.7 Å². The normalized spacial score (nSPS) is 15.8. The predicted molar refractivity (Wildman–Crippen MR) is 58.7 cm³/mol. The minimum atomic E-state index is -3.86. The molecule has 1 atom stereocenters. The lowest BCUT2D eigenvalue weighted by molar-refractivity contribution is -0.870. The SMILES string of the molecule is C[N+](C)(C)CCOCP(=O)(O)OCC(N)=O. The second kappa shape index (κ2) is 6.32. The molecule has 96 valence electrons. The average Bonchev–Trinajstić information content (AvgIpc) is 2.08. The van der Waals surface area contributed by atoms with E-state index in [1.165, 1.54) is 0 Å². The highest BCUT2D eigenvalue weighted by Crippen LogP contribution is 2.41. The van der Waals surface area contributed by atoms with Crippen molar-refractivity contribution >= 4 is 13.5 Å². The Morgan fingerprint density at radius 3 is 2.44 bits per heavy atom. The fraction of sp³-hybridized carbons (Fsp3) is 0.875. The highest BCUT2D eigenvalue weighted by molar-refractivity contribution is 7.52. The summed E-state index contributed by atoms with van der Waals surface area (Å²) in [5, 5.41) is 0. The summed E-state index contributed by atoms with van der Waals surface area (Å²) in [6.07, 6.45) is -0.430. The monoisotopic (exact) mass is 255 g/mol. The van der Waals surface area contributed by atoms with Gasteiger partial charge in [-0.3, -0.25) is 13.9 Å². The van der Waals surface area contributed by atoms with Crippen molar-refractivity contribution in [3.8, 4) is 0 Å². The summed E-state index contributed by atoms with van der Waals surface area (Å²) in [7, 11) is 2.07. The molecule has 1 unspecified atom stereocenters. The van der Waals surface area contributed by atoms with Crippen LogP contribution in [-0.2, 0) is 18.6 Å². The van der Waals surface area contributed by atoms with Crippen molar-refractivity contribution in [2.75, 3.05) is 47.2 Å². The van der Waals surface area contributed by atoms with Crippen LogP contribution in [0.4, 0.5) is 0 Å². The van der Waals surface area contributed by atoms with E-state index >= 15 is 0 Å². The number of nitrogens with two attached hydrogens (primary N) is 1. The summed E-state index contributed by atoms with van der Waals surface area (Å²) in [4.78, 5) is 19.5. The molecule has 0 spiro atoms. The molecule has 7 nitrogen and oxygen atoms in total. The van der Waals surface area contributed by atoms with Gasteiger partial charge in [-0.05, 0) is 0 Å². The Bertz CT molecular complexity index is 276. The Labute approximate surface area is 95.2 Å². The van der Waals surface area contributed by atoms with Crippen molar-refractivity contribution in [3.05, 3.63) is 0 Å². The van der Waals surface area contributed by atoms with E-state index in [0.29, 0.717) is 17.6 Å². The largest absolute Gasteiger partial charge is 0.368 e. The summed E-state index contributed by atoms with van der Waals surface area (Å²) in [6.45, 7) is 0.469. The molecule has 16 heavy (non-hydrogen) atoms. The van der Waals surface area contributed by atoms with Crippen molar-refractivity contribution in [2.45, 2.75) is 0 Å². The number of primary amides is 1. The molecule has 0 aliphatic carbocycles. The second-order valence-electron chi connectivity index (χ2n) is 4.43. The van der Waals surface area contributed by atoms with E-state index in [1.807, 2.05) is 21.1 Å². The van der Waals surface area contributed by atoms with Gasteiger partial charge >= 0.3 is 7.60 Å². The van der Waals surface area contributed by atoms with Gasteiger partial charge in [0.2, 0.25) is 5.91 Å². The molecule has 0 aliphatic heterocycles. The Kier molecular flexibility index (Phi) is 6.14. The molecule has 0 rings (SSSR count). The molecule has 0 saturated heterocycles. The van der Waals surface area contributed by atoms with Crippen LogP contribution in [0.1, 0.15) is 0 Å². The van der Waals surface area contributed by atoms with Gasteiger partial charge in [0, 0.05) is 0 Å². The van der Waals surface area contributed by atoms with E-state index < -0.39 is 26.5 Å². The Balaban J connectivity index is 3.74. The lowest BCUT2D eigenvalue weighted by Gasteiger charge is -2.23. The van der Waals surface area contributed by atoms with Gasteiger partial charge in [-0.2, -0.15) is 0 Å². The molecule has 0 heterocycles. The minimum Gasteiger partial charge on any atom is -0.368 e. The molecule has 8 heteroatoms. The molecule has 0 aromatic rings.